The van der Waals surface area contributed by atoms with E-state index >= 15 is 0 Å². The van der Waals surface area contributed by atoms with Crippen LogP contribution in [0.1, 0.15) is 56.3 Å². The standard InChI is InChI=1S/C14H21N5S/c1-14(2,10-4-3-7-15-8-10)12-18-19-11(9-5-6-9)16-17-13(19)20-12/h9-10,15H,3-8H2,1-2H3. The minimum absolute atomic E-state index is 0.111. The van der Waals surface area contributed by atoms with Crippen LogP contribution in [-0.4, -0.2) is 32.9 Å². The number of nitrogens with one attached hydrogen (secondary N) is 1. The van der Waals surface area contributed by atoms with E-state index in [1.54, 1.807) is 11.3 Å². The maximum Gasteiger partial charge on any atom is 0.234 e. The third-order valence-electron chi connectivity index (χ3n) is 4.83. The molecule has 1 unspecified atom stereocenters. The molecule has 2 fully saturated rings. The van der Waals surface area contributed by atoms with Gasteiger partial charge in [-0.15, -0.1) is 10.2 Å². The third-order valence-corrected chi connectivity index (χ3v) is 6.06. The van der Waals surface area contributed by atoms with Gasteiger partial charge < -0.3 is 5.32 Å². The molecular weight excluding hydrogens is 270 g/mol. The zero-order valence-corrected chi connectivity index (χ0v) is 12.9. The molecule has 2 aliphatic rings. The van der Waals surface area contributed by atoms with E-state index in [2.05, 4.69) is 29.4 Å². The summed E-state index contributed by atoms with van der Waals surface area (Å²) in [6.07, 6.45) is 5.04. The van der Waals surface area contributed by atoms with E-state index in [4.69, 9.17) is 5.10 Å². The molecule has 1 atom stereocenters. The molecule has 1 aliphatic heterocycles. The molecule has 0 amide bonds. The average Bonchev–Trinajstić information content (AvgIpc) is 3.07. The second kappa shape index (κ2) is 4.49. The average molecular weight is 291 g/mol. The number of rotatable bonds is 3. The quantitative estimate of drug-likeness (QED) is 0.943. The lowest BCUT2D eigenvalue weighted by atomic mass is 9.75. The van der Waals surface area contributed by atoms with Crippen LogP contribution in [0.4, 0.5) is 0 Å². The second-order valence-corrected chi connectivity index (χ2v) is 7.65. The molecule has 3 heterocycles. The fourth-order valence-corrected chi connectivity index (χ4v) is 4.16. The van der Waals surface area contributed by atoms with Gasteiger partial charge in [-0.25, -0.2) is 0 Å². The molecule has 0 aromatic carbocycles. The van der Waals surface area contributed by atoms with Gasteiger partial charge in [-0.1, -0.05) is 25.2 Å². The Kier molecular flexibility index (Phi) is 2.86. The van der Waals surface area contributed by atoms with Crippen molar-refractivity contribution in [3.63, 3.8) is 0 Å². The van der Waals surface area contributed by atoms with E-state index in [0.29, 0.717) is 11.8 Å². The third kappa shape index (κ3) is 1.97. The van der Waals surface area contributed by atoms with Crippen LogP contribution < -0.4 is 5.32 Å². The van der Waals surface area contributed by atoms with Crippen LogP contribution in [0.25, 0.3) is 4.96 Å². The van der Waals surface area contributed by atoms with E-state index in [0.717, 1.165) is 23.9 Å². The maximum atomic E-state index is 4.86. The molecule has 2 aromatic heterocycles. The Morgan fingerprint density at radius 2 is 2.10 bits per heavy atom. The summed E-state index contributed by atoms with van der Waals surface area (Å²) in [6.45, 7) is 6.91. The van der Waals surface area contributed by atoms with Crippen molar-refractivity contribution in [3.8, 4) is 0 Å². The summed E-state index contributed by atoms with van der Waals surface area (Å²) in [5, 5.41) is 18.2. The molecule has 4 rings (SSSR count). The molecule has 20 heavy (non-hydrogen) atoms. The normalized spacial score (nSPS) is 24.4. The van der Waals surface area contributed by atoms with E-state index in [1.807, 2.05) is 4.52 Å². The number of fused-ring (bicyclic) bond motifs is 1. The summed E-state index contributed by atoms with van der Waals surface area (Å²) < 4.78 is 2.00. The molecule has 0 spiro atoms. The van der Waals surface area contributed by atoms with E-state index in [-0.39, 0.29) is 5.41 Å². The summed E-state index contributed by atoms with van der Waals surface area (Å²) in [6, 6.07) is 0. The minimum atomic E-state index is 0.111. The molecule has 1 aliphatic carbocycles. The van der Waals surface area contributed by atoms with Crippen LogP contribution in [-0.2, 0) is 5.41 Å². The zero-order valence-electron chi connectivity index (χ0n) is 12.1. The fourth-order valence-electron chi connectivity index (χ4n) is 3.13. The number of nitrogens with zero attached hydrogens (tertiary/aromatic N) is 4. The molecule has 108 valence electrons. The lowest BCUT2D eigenvalue weighted by molar-refractivity contribution is 0.250. The molecule has 0 radical (unpaired) electrons. The highest BCUT2D eigenvalue weighted by Gasteiger charge is 2.37. The molecule has 6 heteroatoms. The summed E-state index contributed by atoms with van der Waals surface area (Å²) >= 11 is 1.71. The highest BCUT2D eigenvalue weighted by Crippen LogP contribution is 2.41. The molecule has 0 bridgehead atoms. The van der Waals surface area contributed by atoms with Crippen molar-refractivity contribution in [3.05, 3.63) is 10.8 Å². The Bertz CT molecular complexity index is 619. The van der Waals surface area contributed by atoms with Gasteiger partial charge in [0, 0.05) is 11.3 Å². The largest absolute Gasteiger partial charge is 0.316 e. The number of piperidine rings is 1. The Hall–Kier alpha value is -1.01. The SMILES string of the molecule is CC(C)(c1nn2c(C3CC3)nnc2s1)C1CCCNC1. The first-order chi connectivity index (χ1) is 9.66. The predicted molar refractivity (Wildman–Crippen MR) is 79.3 cm³/mol. The monoisotopic (exact) mass is 291 g/mol. The van der Waals surface area contributed by atoms with Crippen LogP contribution in [0.3, 0.4) is 0 Å². The van der Waals surface area contributed by atoms with Gasteiger partial charge in [-0.2, -0.15) is 9.61 Å². The first-order valence-corrected chi connectivity index (χ1v) is 8.41. The van der Waals surface area contributed by atoms with Gasteiger partial charge in [-0.05, 0) is 44.7 Å². The molecular formula is C14H21N5S. The first kappa shape index (κ1) is 12.7. The summed E-state index contributed by atoms with van der Waals surface area (Å²) in [4.78, 5) is 0.957. The van der Waals surface area contributed by atoms with Crippen molar-refractivity contribution < 1.29 is 0 Å². The summed E-state index contributed by atoms with van der Waals surface area (Å²) in [7, 11) is 0. The number of hydrogen-bond acceptors (Lipinski definition) is 5. The molecule has 1 saturated carbocycles. The van der Waals surface area contributed by atoms with Gasteiger partial charge in [0.25, 0.3) is 0 Å². The van der Waals surface area contributed by atoms with Crippen molar-refractivity contribution in [2.24, 2.45) is 5.92 Å². The van der Waals surface area contributed by atoms with Crippen molar-refractivity contribution in [1.82, 2.24) is 25.1 Å². The van der Waals surface area contributed by atoms with Crippen LogP contribution >= 0.6 is 11.3 Å². The zero-order chi connectivity index (χ0) is 13.7. The Labute approximate surface area is 122 Å². The molecule has 2 aromatic rings. The van der Waals surface area contributed by atoms with Crippen molar-refractivity contribution in [2.45, 2.75) is 50.9 Å². The molecule has 5 nitrogen and oxygen atoms in total. The smallest absolute Gasteiger partial charge is 0.234 e. The van der Waals surface area contributed by atoms with Crippen LogP contribution in [0, 0.1) is 5.92 Å². The Morgan fingerprint density at radius 1 is 1.25 bits per heavy atom. The van der Waals surface area contributed by atoms with Crippen LogP contribution in [0.15, 0.2) is 0 Å². The van der Waals surface area contributed by atoms with Gasteiger partial charge in [-0.3, -0.25) is 0 Å². The van der Waals surface area contributed by atoms with Crippen molar-refractivity contribution in [2.75, 3.05) is 13.1 Å². The van der Waals surface area contributed by atoms with E-state index in [1.165, 1.54) is 30.7 Å². The molecule has 1 saturated heterocycles. The van der Waals surface area contributed by atoms with Gasteiger partial charge in [0.05, 0.1) is 0 Å². The van der Waals surface area contributed by atoms with Crippen molar-refractivity contribution >= 4 is 16.3 Å². The van der Waals surface area contributed by atoms with Gasteiger partial charge in [0.1, 0.15) is 5.01 Å². The van der Waals surface area contributed by atoms with Gasteiger partial charge >= 0.3 is 0 Å². The Balaban J connectivity index is 1.69. The fraction of sp³-hybridized carbons (Fsp3) is 0.786. The number of hydrogen-bond donors (Lipinski definition) is 1. The van der Waals surface area contributed by atoms with Gasteiger partial charge in [0.15, 0.2) is 5.82 Å². The van der Waals surface area contributed by atoms with E-state index < -0.39 is 0 Å². The Morgan fingerprint density at radius 3 is 2.80 bits per heavy atom. The topological polar surface area (TPSA) is 55.1 Å². The van der Waals surface area contributed by atoms with Crippen LogP contribution in [0.5, 0.6) is 0 Å². The van der Waals surface area contributed by atoms with Crippen molar-refractivity contribution in [1.29, 1.82) is 0 Å². The lowest BCUT2D eigenvalue weighted by Crippen LogP contribution is -2.40. The predicted octanol–water partition coefficient (Wildman–Crippen LogP) is 2.34. The minimum Gasteiger partial charge on any atom is -0.316 e. The molecule has 1 N–H and O–H groups in total. The van der Waals surface area contributed by atoms with E-state index in [9.17, 15) is 0 Å². The summed E-state index contributed by atoms with van der Waals surface area (Å²) in [5.74, 6) is 2.32. The first-order valence-electron chi connectivity index (χ1n) is 7.59. The lowest BCUT2D eigenvalue weighted by Gasteiger charge is -2.35. The second-order valence-electron chi connectivity index (χ2n) is 6.70. The number of aromatic nitrogens is 4. The maximum absolute atomic E-state index is 4.86. The highest BCUT2D eigenvalue weighted by molar-refractivity contribution is 7.16. The van der Waals surface area contributed by atoms with Gasteiger partial charge in [0.2, 0.25) is 4.96 Å². The highest BCUT2D eigenvalue weighted by atomic mass is 32.1. The van der Waals surface area contributed by atoms with Crippen LogP contribution in [0.2, 0.25) is 0 Å². The summed E-state index contributed by atoms with van der Waals surface area (Å²) in [5.41, 5.74) is 0.111.